The Morgan fingerprint density at radius 1 is 1.20 bits per heavy atom. The number of fused-ring (bicyclic) bond motifs is 1. The second-order valence-corrected chi connectivity index (χ2v) is 4.56. The molecule has 0 aliphatic rings. The molecule has 0 aliphatic carbocycles. The number of aryl methyl sites for hydroxylation is 1. The predicted octanol–water partition coefficient (Wildman–Crippen LogP) is 2.32. The Bertz CT molecular complexity index is 733. The molecule has 0 aliphatic heterocycles. The van der Waals surface area contributed by atoms with E-state index in [1.54, 1.807) is 13.2 Å². The van der Waals surface area contributed by atoms with E-state index >= 15 is 0 Å². The number of H-pyrrole nitrogens is 1. The summed E-state index contributed by atoms with van der Waals surface area (Å²) in [4.78, 5) is 8.75. The van der Waals surface area contributed by atoms with Crippen molar-refractivity contribution >= 4 is 22.8 Å². The van der Waals surface area contributed by atoms with Crippen LogP contribution in [0.25, 0.3) is 11.0 Å². The number of benzene rings is 1. The van der Waals surface area contributed by atoms with Crippen molar-refractivity contribution in [1.82, 2.24) is 20.2 Å². The molecule has 1 aromatic carbocycles. The summed E-state index contributed by atoms with van der Waals surface area (Å²) >= 11 is 0. The maximum atomic E-state index is 4.44. The smallest absolute Gasteiger partial charge is 0.226 e. The summed E-state index contributed by atoms with van der Waals surface area (Å²) < 4.78 is 0. The van der Waals surface area contributed by atoms with E-state index in [0.717, 1.165) is 16.9 Å². The summed E-state index contributed by atoms with van der Waals surface area (Å²) in [5.41, 5.74) is 3.22. The highest BCUT2D eigenvalue weighted by Crippen LogP contribution is 2.20. The van der Waals surface area contributed by atoms with E-state index in [9.17, 15) is 0 Å². The van der Waals surface area contributed by atoms with Gasteiger partial charge in [-0.25, -0.2) is 0 Å². The van der Waals surface area contributed by atoms with Crippen LogP contribution in [-0.2, 0) is 6.54 Å². The maximum Gasteiger partial charge on any atom is 0.226 e. The van der Waals surface area contributed by atoms with Crippen molar-refractivity contribution in [2.24, 2.45) is 0 Å². The Labute approximate surface area is 116 Å². The van der Waals surface area contributed by atoms with Crippen LogP contribution in [0, 0.1) is 6.92 Å². The molecule has 0 saturated heterocycles. The monoisotopic (exact) mass is 268 g/mol. The molecule has 20 heavy (non-hydrogen) atoms. The molecule has 102 valence electrons. The van der Waals surface area contributed by atoms with E-state index in [4.69, 9.17) is 0 Å². The zero-order valence-corrected chi connectivity index (χ0v) is 11.4. The summed E-state index contributed by atoms with van der Waals surface area (Å²) in [6.07, 6.45) is 1.73. The van der Waals surface area contributed by atoms with E-state index in [1.807, 2.05) is 12.1 Å². The van der Waals surface area contributed by atoms with Crippen molar-refractivity contribution in [3.8, 4) is 0 Å². The third kappa shape index (κ3) is 2.27. The van der Waals surface area contributed by atoms with Gasteiger partial charge in [0.25, 0.3) is 0 Å². The molecular weight excluding hydrogens is 252 g/mol. The minimum Gasteiger partial charge on any atom is -0.365 e. The van der Waals surface area contributed by atoms with Gasteiger partial charge >= 0.3 is 0 Å². The van der Waals surface area contributed by atoms with Crippen LogP contribution in [0.4, 0.5) is 11.8 Å². The van der Waals surface area contributed by atoms with Gasteiger partial charge in [0.2, 0.25) is 5.95 Å². The third-order valence-corrected chi connectivity index (χ3v) is 3.24. The Morgan fingerprint density at radius 3 is 2.85 bits per heavy atom. The predicted molar refractivity (Wildman–Crippen MR) is 79.7 cm³/mol. The first-order valence-corrected chi connectivity index (χ1v) is 6.45. The Morgan fingerprint density at radius 2 is 2.05 bits per heavy atom. The van der Waals surface area contributed by atoms with Crippen LogP contribution in [0.15, 0.2) is 30.5 Å². The van der Waals surface area contributed by atoms with Crippen molar-refractivity contribution < 1.29 is 0 Å². The van der Waals surface area contributed by atoms with Crippen LogP contribution in [0.3, 0.4) is 0 Å². The van der Waals surface area contributed by atoms with Gasteiger partial charge in [0.15, 0.2) is 5.65 Å². The average Bonchev–Trinajstić information content (AvgIpc) is 2.94. The molecule has 3 aromatic rings. The molecule has 6 nitrogen and oxygen atoms in total. The number of aromatic amines is 1. The summed E-state index contributed by atoms with van der Waals surface area (Å²) in [6.45, 7) is 2.82. The first kappa shape index (κ1) is 12.4. The minimum absolute atomic E-state index is 0.564. The SMILES string of the molecule is CNc1nc(NCc2ccccc2C)c2cn[nH]c2n1. The van der Waals surface area contributed by atoms with Gasteiger partial charge in [-0.15, -0.1) is 0 Å². The summed E-state index contributed by atoms with van der Waals surface area (Å²) in [6, 6.07) is 8.28. The Hall–Kier alpha value is -2.63. The van der Waals surface area contributed by atoms with Crippen LogP contribution in [-0.4, -0.2) is 27.2 Å². The van der Waals surface area contributed by atoms with Crippen molar-refractivity contribution in [2.75, 3.05) is 17.7 Å². The van der Waals surface area contributed by atoms with Crippen LogP contribution < -0.4 is 10.6 Å². The molecule has 0 saturated carbocycles. The number of aromatic nitrogens is 4. The average molecular weight is 268 g/mol. The lowest BCUT2D eigenvalue weighted by Crippen LogP contribution is -2.06. The van der Waals surface area contributed by atoms with Crippen LogP contribution in [0.2, 0.25) is 0 Å². The van der Waals surface area contributed by atoms with Gasteiger partial charge in [-0.05, 0) is 18.1 Å². The van der Waals surface area contributed by atoms with E-state index in [-0.39, 0.29) is 0 Å². The molecule has 6 heteroatoms. The van der Waals surface area contributed by atoms with Crippen molar-refractivity contribution in [3.05, 3.63) is 41.6 Å². The summed E-state index contributed by atoms with van der Waals surface area (Å²) in [5.74, 6) is 1.34. The minimum atomic E-state index is 0.564. The largest absolute Gasteiger partial charge is 0.365 e. The highest BCUT2D eigenvalue weighted by Gasteiger charge is 2.08. The highest BCUT2D eigenvalue weighted by molar-refractivity contribution is 5.86. The topological polar surface area (TPSA) is 78.5 Å². The number of hydrogen-bond donors (Lipinski definition) is 3. The summed E-state index contributed by atoms with van der Waals surface area (Å²) in [5, 5.41) is 14.1. The molecular formula is C14H16N6. The second kappa shape index (κ2) is 5.16. The molecule has 0 fully saturated rings. The molecule has 0 unspecified atom stereocenters. The molecule has 2 aromatic heterocycles. The number of hydrogen-bond acceptors (Lipinski definition) is 5. The first-order chi connectivity index (χ1) is 9.78. The van der Waals surface area contributed by atoms with Gasteiger partial charge in [-0.1, -0.05) is 24.3 Å². The van der Waals surface area contributed by atoms with Crippen molar-refractivity contribution in [3.63, 3.8) is 0 Å². The Kier molecular flexibility index (Phi) is 3.20. The molecule has 2 heterocycles. The van der Waals surface area contributed by atoms with E-state index in [1.165, 1.54) is 11.1 Å². The maximum absolute atomic E-state index is 4.44. The van der Waals surface area contributed by atoms with Gasteiger partial charge < -0.3 is 10.6 Å². The molecule has 0 bridgehead atoms. The molecule has 0 atom stereocenters. The molecule has 0 radical (unpaired) electrons. The molecule has 0 amide bonds. The quantitative estimate of drug-likeness (QED) is 0.676. The fourth-order valence-corrected chi connectivity index (χ4v) is 2.07. The van der Waals surface area contributed by atoms with E-state index in [0.29, 0.717) is 12.5 Å². The lowest BCUT2D eigenvalue weighted by molar-refractivity contribution is 1.07. The fourth-order valence-electron chi connectivity index (χ4n) is 2.07. The molecule has 3 rings (SSSR count). The third-order valence-electron chi connectivity index (χ3n) is 3.24. The lowest BCUT2D eigenvalue weighted by Gasteiger charge is -2.10. The van der Waals surface area contributed by atoms with Gasteiger partial charge in [-0.3, -0.25) is 5.10 Å². The summed E-state index contributed by atoms with van der Waals surface area (Å²) in [7, 11) is 1.79. The zero-order valence-electron chi connectivity index (χ0n) is 11.4. The van der Waals surface area contributed by atoms with Gasteiger partial charge in [0.05, 0.1) is 11.6 Å². The van der Waals surface area contributed by atoms with Crippen molar-refractivity contribution in [2.45, 2.75) is 13.5 Å². The van der Waals surface area contributed by atoms with Gasteiger partial charge in [-0.2, -0.15) is 15.1 Å². The van der Waals surface area contributed by atoms with Crippen LogP contribution in [0.5, 0.6) is 0 Å². The number of anilines is 2. The standard InChI is InChI=1S/C14H16N6/c1-9-5-3-4-6-10(9)7-16-12-11-8-17-20-13(11)19-14(15-2)18-12/h3-6,8H,7H2,1-2H3,(H3,15,16,17,18,19,20). The van der Waals surface area contributed by atoms with Gasteiger partial charge in [0, 0.05) is 13.6 Å². The zero-order chi connectivity index (χ0) is 13.9. The normalized spacial score (nSPS) is 10.7. The number of nitrogens with one attached hydrogen (secondary N) is 3. The van der Waals surface area contributed by atoms with Crippen LogP contribution in [0.1, 0.15) is 11.1 Å². The lowest BCUT2D eigenvalue weighted by atomic mass is 10.1. The number of nitrogens with zero attached hydrogens (tertiary/aromatic N) is 3. The van der Waals surface area contributed by atoms with Gasteiger partial charge in [0.1, 0.15) is 5.82 Å². The molecule has 0 spiro atoms. The van der Waals surface area contributed by atoms with E-state index in [2.05, 4.69) is 49.9 Å². The second-order valence-electron chi connectivity index (χ2n) is 4.56. The molecule has 3 N–H and O–H groups in total. The van der Waals surface area contributed by atoms with E-state index < -0.39 is 0 Å². The Balaban J connectivity index is 1.90. The van der Waals surface area contributed by atoms with Crippen molar-refractivity contribution in [1.29, 1.82) is 0 Å². The highest BCUT2D eigenvalue weighted by atomic mass is 15.2. The fraction of sp³-hybridized carbons (Fsp3) is 0.214. The number of rotatable bonds is 4. The first-order valence-electron chi connectivity index (χ1n) is 6.45. The van der Waals surface area contributed by atoms with Crippen LogP contribution >= 0.6 is 0 Å².